The van der Waals surface area contributed by atoms with Crippen LogP contribution in [-0.4, -0.2) is 24.8 Å². The van der Waals surface area contributed by atoms with Crippen molar-refractivity contribution in [1.82, 2.24) is 5.32 Å². The van der Waals surface area contributed by atoms with Gasteiger partial charge in [0, 0.05) is 12.1 Å². The summed E-state index contributed by atoms with van der Waals surface area (Å²) in [5, 5.41) is 2.74. The van der Waals surface area contributed by atoms with Crippen molar-refractivity contribution in [2.75, 3.05) is 6.61 Å². The van der Waals surface area contributed by atoms with Gasteiger partial charge >= 0.3 is 6.09 Å². The third-order valence-electron chi connectivity index (χ3n) is 2.15. The Morgan fingerprint density at radius 3 is 2.92 bits per heavy atom. The number of hydrogen-bond acceptors (Lipinski definition) is 3. The van der Waals surface area contributed by atoms with Gasteiger partial charge in [-0.1, -0.05) is 0 Å². The average molecular weight is 172 g/mol. The Kier molecular flexibility index (Phi) is 3.34. The standard InChI is InChI=1S/C8H16N2O2/c1-2-12-8(11)10-7-5-3-4-6(7)9/h6-7H,2-5,9H2,1H3,(H,10,11). The van der Waals surface area contributed by atoms with Crippen LogP contribution in [0.5, 0.6) is 0 Å². The summed E-state index contributed by atoms with van der Waals surface area (Å²) in [6.07, 6.45) is 2.72. The molecule has 1 rings (SSSR count). The molecular weight excluding hydrogens is 156 g/mol. The lowest BCUT2D eigenvalue weighted by atomic mass is 10.2. The highest BCUT2D eigenvalue weighted by molar-refractivity contribution is 5.67. The third-order valence-corrected chi connectivity index (χ3v) is 2.15. The maximum absolute atomic E-state index is 11.0. The molecule has 0 saturated heterocycles. The zero-order chi connectivity index (χ0) is 8.97. The Hall–Kier alpha value is -0.770. The summed E-state index contributed by atoms with van der Waals surface area (Å²) in [5.74, 6) is 0. The highest BCUT2D eigenvalue weighted by Crippen LogP contribution is 2.16. The predicted molar refractivity (Wildman–Crippen MR) is 45.8 cm³/mol. The number of carbonyl (C=O) groups is 1. The van der Waals surface area contributed by atoms with E-state index in [1.54, 1.807) is 6.92 Å². The molecule has 0 aliphatic heterocycles. The van der Waals surface area contributed by atoms with Crippen LogP contribution < -0.4 is 11.1 Å². The molecule has 0 radical (unpaired) electrons. The number of hydrogen-bond donors (Lipinski definition) is 2. The molecule has 4 heteroatoms. The number of ether oxygens (including phenoxy) is 1. The lowest BCUT2D eigenvalue weighted by molar-refractivity contribution is 0.147. The minimum Gasteiger partial charge on any atom is -0.450 e. The summed E-state index contributed by atoms with van der Waals surface area (Å²) in [5.41, 5.74) is 5.75. The van der Waals surface area contributed by atoms with E-state index >= 15 is 0 Å². The fourth-order valence-electron chi connectivity index (χ4n) is 1.49. The van der Waals surface area contributed by atoms with Gasteiger partial charge in [0.2, 0.25) is 0 Å². The van der Waals surface area contributed by atoms with Gasteiger partial charge in [-0.25, -0.2) is 4.79 Å². The van der Waals surface area contributed by atoms with Crippen LogP contribution in [-0.2, 0) is 4.74 Å². The molecule has 0 aromatic heterocycles. The largest absolute Gasteiger partial charge is 0.450 e. The van der Waals surface area contributed by atoms with Crippen LogP contribution >= 0.6 is 0 Å². The molecule has 0 aromatic carbocycles. The molecule has 1 saturated carbocycles. The van der Waals surface area contributed by atoms with Crippen LogP contribution in [0.1, 0.15) is 26.2 Å². The Bertz CT molecular complexity index is 161. The molecule has 0 aromatic rings. The minimum absolute atomic E-state index is 0.106. The first-order valence-corrected chi connectivity index (χ1v) is 4.43. The van der Waals surface area contributed by atoms with E-state index in [0.717, 1.165) is 19.3 Å². The second kappa shape index (κ2) is 4.30. The summed E-state index contributed by atoms with van der Waals surface area (Å²) < 4.78 is 4.75. The van der Waals surface area contributed by atoms with Crippen LogP contribution in [0.2, 0.25) is 0 Å². The van der Waals surface area contributed by atoms with Crippen molar-refractivity contribution in [3.05, 3.63) is 0 Å². The van der Waals surface area contributed by atoms with Crippen LogP contribution in [0.25, 0.3) is 0 Å². The number of rotatable bonds is 2. The zero-order valence-corrected chi connectivity index (χ0v) is 7.38. The molecule has 2 unspecified atom stereocenters. The van der Waals surface area contributed by atoms with E-state index < -0.39 is 0 Å². The first-order valence-electron chi connectivity index (χ1n) is 4.43. The van der Waals surface area contributed by atoms with Gasteiger partial charge in [0.1, 0.15) is 0 Å². The monoisotopic (exact) mass is 172 g/mol. The van der Waals surface area contributed by atoms with Gasteiger partial charge in [0.15, 0.2) is 0 Å². The summed E-state index contributed by atoms with van der Waals surface area (Å²) in [6, 6.07) is 0.221. The average Bonchev–Trinajstić information content (AvgIpc) is 2.37. The van der Waals surface area contributed by atoms with Crippen LogP contribution in [0.3, 0.4) is 0 Å². The summed E-state index contributed by atoms with van der Waals surface area (Å²) in [4.78, 5) is 11.0. The topological polar surface area (TPSA) is 64.3 Å². The molecule has 12 heavy (non-hydrogen) atoms. The van der Waals surface area contributed by atoms with Crippen molar-refractivity contribution in [1.29, 1.82) is 0 Å². The van der Waals surface area contributed by atoms with Crippen LogP contribution in [0, 0.1) is 0 Å². The molecule has 1 aliphatic rings. The maximum atomic E-state index is 11.0. The van der Waals surface area contributed by atoms with E-state index in [9.17, 15) is 4.79 Å². The highest BCUT2D eigenvalue weighted by atomic mass is 16.5. The van der Waals surface area contributed by atoms with Crippen LogP contribution in [0.4, 0.5) is 4.79 Å². The van der Waals surface area contributed by atoms with E-state index in [0.29, 0.717) is 6.61 Å². The molecule has 0 bridgehead atoms. The number of nitrogens with two attached hydrogens (primary N) is 1. The van der Waals surface area contributed by atoms with Gasteiger partial charge < -0.3 is 15.8 Å². The first kappa shape index (κ1) is 9.32. The molecular formula is C8H16N2O2. The van der Waals surface area contributed by atoms with Crippen molar-refractivity contribution in [2.24, 2.45) is 5.73 Å². The fraction of sp³-hybridized carbons (Fsp3) is 0.875. The van der Waals surface area contributed by atoms with E-state index in [1.165, 1.54) is 0 Å². The molecule has 2 atom stereocenters. The second-order valence-corrected chi connectivity index (χ2v) is 3.07. The lowest BCUT2D eigenvalue weighted by Crippen LogP contribution is -2.44. The molecule has 1 fully saturated rings. The van der Waals surface area contributed by atoms with Gasteiger partial charge in [-0.3, -0.25) is 0 Å². The van der Waals surface area contributed by atoms with Crippen molar-refractivity contribution in [2.45, 2.75) is 38.3 Å². The predicted octanol–water partition coefficient (Wildman–Crippen LogP) is 0.612. The normalized spacial score (nSPS) is 28.5. The number of nitrogens with one attached hydrogen (secondary N) is 1. The molecule has 0 heterocycles. The van der Waals surface area contributed by atoms with E-state index in [4.69, 9.17) is 10.5 Å². The van der Waals surface area contributed by atoms with Gasteiger partial charge in [-0.2, -0.15) is 0 Å². The van der Waals surface area contributed by atoms with Crippen molar-refractivity contribution in [3.8, 4) is 0 Å². The highest BCUT2D eigenvalue weighted by Gasteiger charge is 2.25. The van der Waals surface area contributed by atoms with Crippen molar-refractivity contribution < 1.29 is 9.53 Å². The molecule has 0 spiro atoms. The van der Waals surface area contributed by atoms with E-state index in [-0.39, 0.29) is 18.2 Å². The summed E-state index contributed by atoms with van der Waals surface area (Å²) >= 11 is 0. The Morgan fingerprint density at radius 2 is 2.42 bits per heavy atom. The second-order valence-electron chi connectivity index (χ2n) is 3.07. The smallest absolute Gasteiger partial charge is 0.407 e. The molecule has 4 nitrogen and oxygen atoms in total. The number of alkyl carbamates (subject to hydrolysis) is 1. The molecule has 1 amide bonds. The summed E-state index contributed by atoms with van der Waals surface area (Å²) in [7, 11) is 0. The van der Waals surface area contributed by atoms with Gasteiger partial charge in [-0.15, -0.1) is 0 Å². The minimum atomic E-state index is -0.347. The number of carbonyl (C=O) groups excluding carboxylic acids is 1. The van der Waals surface area contributed by atoms with Gasteiger partial charge in [0.25, 0.3) is 0 Å². The SMILES string of the molecule is CCOC(=O)NC1CCCC1N. The van der Waals surface area contributed by atoms with E-state index in [2.05, 4.69) is 5.32 Å². The molecule has 3 N–H and O–H groups in total. The van der Waals surface area contributed by atoms with E-state index in [1.807, 2.05) is 0 Å². The fourth-order valence-corrected chi connectivity index (χ4v) is 1.49. The Morgan fingerprint density at radius 1 is 1.67 bits per heavy atom. The Labute approximate surface area is 72.5 Å². The maximum Gasteiger partial charge on any atom is 0.407 e. The quantitative estimate of drug-likeness (QED) is 0.641. The third kappa shape index (κ3) is 2.37. The molecule has 1 aliphatic carbocycles. The number of amides is 1. The van der Waals surface area contributed by atoms with Crippen LogP contribution in [0.15, 0.2) is 0 Å². The van der Waals surface area contributed by atoms with Crippen molar-refractivity contribution in [3.63, 3.8) is 0 Å². The Balaban J connectivity index is 2.25. The zero-order valence-electron chi connectivity index (χ0n) is 7.38. The van der Waals surface area contributed by atoms with Crippen molar-refractivity contribution >= 4 is 6.09 Å². The summed E-state index contributed by atoms with van der Waals surface area (Å²) in [6.45, 7) is 2.20. The first-order chi connectivity index (χ1) is 5.74. The molecule has 70 valence electrons. The van der Waals surface area contributed by atoms with Gasteiger partial charge in [-0.05, 0) is 26.2 Å². The lowest BCUT2D eigenvalue weighted by Gasteiger charge is -2.16. The van der Waals surface area contributed by atoms with Gasteiger partial charge in [0.05, 0.1) is 6.61 Å².